The van der Waals surface area contributed by atoms with Crippen LogP contribution in [0.4, 0.5) is 10.7 Å². The lowest BCUT2D eigenvalue weighted by atomic mass is 10.1. The highest BCUT2D eigenvalue weighted by atomic mass is 16.5. The van der Waals surface area contributed by atoms with E-state index in [1.807, 2.05) is 6.07 Å². The van der Waals surface area contributed by atoms with Crippen molar-refractivity contribution in [3.8, 4) is 11.4 Å². The zero-order valence-corrected chi connectivity index (χ0v) is 16.1. The summed E-state index contributed by atoms with van der Waals surface area (Å²) in [4.78, 5) is 33.2. The smallest absolute Gasteiger partial charge is 0.317 e. The number of rotatable bonds is 5. The fraction of sp³-hybridized carbons (Fsp3) is 0.368. The van der Waals surface area contributed by atoms with Crippen molar-refractivity contribution in [1.29, 1.82) is 0 Å². The molecule has 1 N–H and O–H groups in total. The Kier molecular flexibility index (Phi) is 5.59. The first-order chi connectivity index (χ1) is 14.2. The van der Waals surface area contributed by atoms with Crippen molar-refractivity contribution in [3.05, 3.63) is 48.9 Å². The number of nitrogens with zero attached hydrogens (tertiary/aromatic N) is 7. The normalized spacial score (nSPS) is 16.4. The summed E-state index contributed by atoms with van der Waals surface area (Å²) < 4.78 is 5.27. The van der Waals surface area contributed by atoms with Crippen LogP contribution in [0.25, 0.3) is 11.4 Å². The van der Waals surface area contributed by atoms with Crippen LogP contribution in [-0.2, 0) is 6.54 Å². The SMILES string of the molecule is CN(Cc1nc(-c2cccnc2)no1)C(=O)N[C@@H]1CCCN(c2ncccn2)C1. The highest BCUT2D eigenvalue weighted by Crippen LogP contribution is 2.16. The van der Waals surface area contributed by atoms with Crippen molar-refractivity contribution in [1.82, 2.24) is 35.3 Å². The first-order valence-corrected chi connectivity index (χ1v) is 9.45. The molecule has 0 spiro atoms. The third-order valence-corrected chi connectivity index (χ3v) is 4.69. The number of piperidine rings is 1. The van der Waals surface area contributed by atoms with Crippen molar-refractivity contribution in [3.63, 3.8) is 0 Å². The fourth-order valence-electron chi connectivity index (χ4n) is 3.22. The number of urea groups is 1. The minimum Gasteiger partial charge on any atom is -0.339 e. The maximum atomic E-state index is 12.6. The van der Waals surface area contributed by atoms with Gasteiger partial charge in [-0.3, -0.25) is 4.98 Å². The lowest BCUT2D eigenvalue weighted by Crippen LogP contribution is -2.51. The molecular weight excluding hydrogens is 372 g/mol. The number of nitrogens with one attached hydrogen (secondary N) is 1. The average molecular weight is 394 g/mol. The van der Waals surface area contributed by atoms with Gasteiger partial charge in [-0.15, -0.1) is 0 Å². The Morgan fingerprint density at radius 1 is 1.31 bits per heavy atom. The van der Waals surface area contributed by atoms with Gasteiger partial charge in [-0.05, 0) is 31.0 Å². The Morgan fingerprint density at radius 2 is 2.17 bits per heavy atom. The molecule has 10 nitrogen and oxygen atoms in total. The Morgan fingerprint density at radius 3 is 2.97 bits per heavy atom. The van der Waals surface area contributed by atoms with E-state index >= 15 is 0 Å². The Labute approximate surface area is 168 Å². The van der Waals surface area contributed by atoms with Gasteiger partial charge in [-0.2, -0.15) is 4.98 Å². The second-order valence-electron chi connectivity index (χ2n) is 6.89. The van der Waals surface area contributed by atoms with E-state index in [1.165, 1.54) is 4.90 Å². The molecule has 2 amide bonds. The quantitative estimate of drug-likeness (QED) is 0.696. The summed E-state index contributed by atoms with van der Waals surface area (Å²) in [5.41, 5.74) is 0.764. The lowest BCUT2D eigenvalue weighted by Gasteiger charge is -2.33. The van der Waals surface area contributed by atoms with E-state index in [0.717, 1.165) is 24.9 Å². The molecule has 0 unspecified atom stereocenters. The van der Waals surface area contributed by atoms with Crippen LogP contribution in [0.2, 0.25) is 0 Å². The fourth-order valence-corrected chi connectivity index (χ4v) is 3.22. The maximum absolute atomic E-state index is 12.6. The minimum atomic E-state index is -0.188. The van der Waals surface area contributed by atoms with Gasteiger partial charge in [0.15, 0.2) is 0 Å². The maximum Gasteiger partial charge on any atom is 0.317 e. The molecule has 4 rings (SSSR count). The third kappa shape index (κ3) is 4.65. The summed E-state index contributed by atoms with van der Waals surface area (Å²) in [6, 6.07) is 5.28. The van der Waals surface area contributed by atoms with Crippen molar-refractivity contribution < 1.29 is 9.32 Å². The molecule has 29 heavy (non-hydrogen) atoms. The van der Waals surface area contributed by atoms with Gasteiger partial charge in [-0.25, -0.2) is 14.8 Å². The van der Waals surface area contributed by atoms with Crippen molar-refractivity contribution in [2.75, 3.05) is 25.0 Å². The van der Waals surface area contributed by atoms with Crippen LogP contribution in [0, 0.1) is 0 Å². The van der Waals surface area contributed by atoms with Gasteiger partial charge in [0.05, 0.1) is 0 Å². The van der Waals surface area contributed by atoms with Gasteiger partial charge < -0.3 is 19.6 Å². The highest BCUT2D eigenvalue weighted by Gasteiger charge is 2.24. The number of carbonyl (C=O) groups is 1. The number of pyridine rings is 1. The molecule has 3 aromatic heterocycles. The van der Waals surface area contributed by atoms with E-state index in [2.05, 4.69) is 35.3 Å². The van der Waals surface area contributed by atoms with E-state index in [4.69, 9.17) is 4.52 Å². The predicted octanol–water partition coefficient (Wildman–Crippen LogP) is 1.73. The largest absolute Gasteiger partial charge is 0.339 e. The molecular formula is C19H22N8O2. The molecule has 1 fully saturated rings. The minimum absolute atomic E-state index is 0.0242. The highest BCUT2D eigenvalue weighted by molar-refractivity contribution is 5.74. The number of hydrogen-bond donors (Lipinski definition) is 1. The standard InChI is InChI=1S/C19H22N8O2/c1-26(13-16-24-17(25-29-16)14-5-2-7-20-11-14)19(28)23-15-6-3-10-27(12-15)18-21-8-4-9-22-18/h2,4-5,7-9,11,15H,3,6,10,12-13H2,1H3,(H,23,28)/t15-/m1/s1. The summed E-state index contributed by atoms with van der Waals surface area (Å²) in [5, 5.41) is 7.02. The van der Waals surface area contributed by atoms with E-state index in [9.17, 15) is 4.79 Å². The molecule has 1 aliphatic heterocycles. The molecule has 0 saturated carbocycles. The van der Waals surface area contributed by atoms with Crippen molar-refractivity contribution in [2.45, 2.75) is 25.4 Å². The molecule has 4 heterocycles. The zero-order valence-electron chi connectivity index (χ0n) is 16.1. The van der Waals surface area contributed by atoms with Crippen LogP contribution in [-0.4, -0.2) is 62.2 Å². The van der Waals surface area contributed by atoms with Crippen LogP contribution < -0.4 is 10.2 Å². The Hall–Kier alpha value is -3.56. The van der Waals surface area contributed by atoms with Crippen LogP contribution >= 0.6 is 0 Å². The summed E-state index contributed by atoms with van der Waals surface area (Å²) in [5.74, 6) is 1.51. The number of aromatic nitrogens is 5. The van der Waals surface area contributed by atoms with Crippen molar-refractivity contribution in [2.24, 2.45) is 0 Å². The van der Waals surface area contributed by atoms with Gasteiger partial charge in [-0.1, -0.05) is 5.16 Å². The van der Waals surface area contributed by atoms with E-state index < -0.39 is 0 Å². The first kappa shape index (κ1) is 18.8. The number of anilines is 1. The predicted molar refractivity (Wildman–Crippen MR) is 105 cm³/mol. The van der Waals surface area contributed by atoms with Gasteiger partial charge in [0, 0.05) is 56.5 Å². The molecule has 1 saturated heterocycles. The molecule has 0 aliphatic carbocycles. The molecule has 0 bridgehead atoms. The summed E-state index contributed by atoms with van der Waals surface area (Å²) in [7, 11) is 1.70. The number of amides is 2. The molecule has 0 aromatic carbocycles. The van der Waals surface area contributed by atoms with Crippen LogP contribution in [0.1, 0.15) is 18.7 Å². The molecule has 150 valence electrons. The molecule has 1 aliphatic rings. The summed E-state index contributed by atoms with van der Waals surface area (Å²) in [6.45, 7) is 1.78. The van der Waals surface area contributed by atoms with E-state index in [0.29, 0.717) is 24.2 Å². The van der Waals surface area contributed by atoms with E-state index in [-0.39, 0.29) is 18.6 Å². The van der Waals surface area contributed by atoms with Gasteiger partial charge in [0.2, 0.25) is 17.7 Å². The average Bonchev–Trinajstić information content (AvgIpc) is 3.23. The monoisotopic (exact) mass is 394 g/mol. The Bertz CT molecular complexity index is 934. The van der Waals surface area contributed by atoms with Crippen molar-refractivity contribution >= 4 is 12.0 Å². The van der Waals surface area contributed by atoms with Crippen LogP contribution in [0.3, 0.4) is 0 Å². The van der Waals surface area contributed by atoms with Gasteiger partial charge in [0.25, 0.3) is 0 Å². The van der Waals surface area contributed by atoms with E-state index in [1.54, 1.807) is 44.0 Å². The molecule has 10 heteroatoms. The molecule has 1 atom stereocenters. The number of hydrogen-bond acceptors (Lipinski definition) is 8. The number of carbonyl (C=O) groups excluding carboxylic acids is 1. The second kappa shape index (κ2) is 8.63. The second-order valence-corrected chi connectivity index (χ2v) is 6.89. The Balaban J connectivity index is 1.32. The summed E-state index contributed by atoms with van der Waals surface area (Å²) >= 11 is 0. The summed E-state index contributed by atoms with van der Waals surface area (Å²) in [6.07, 6.45) is 8.67. The first-order valence-electron chi connectivity index (χ1n) is 9.45. The molecule has 0 radical (unpaired) electrons. The molecule has 3 aromatic rings. The topological polar surface area (TPSA) is 113 Å². The van der Waals surface area contributed by atoms with Crippen LogP contribution in [0.15, 0.2) is 47.5 Å². The lowest BCUT2D eigenvalue weighted by molar-refractivity contribution is 0.194. The van der Waals surface area contributed by atoms with Gasteiger partial charge in [0.1, 0.15) is 6.54 Å². The third-order valence-electron chi connectivity index (χ3n) is 4.69. The van der Waals surface area contributed by atoms with Gasteiger partial charge >= 0.3 is 6.03 Å². The zero-order chi connectivity index (χ0) is 20.1. The van der Waals surface area contributed by atoms with Crippen LogP contribution in [0.5, 0.6) is 0 Å².